The standard InChI is InChI=1S/C33H30N2O6S2/c1-33(2,3)42(38)34-21-24-14-10-11-17-27(24)30-28-20-25(41-22-23-12-6-4-7-13-23)18-19-29(28)35(31(30)32(36)37)43(39,40)26-15-8-5-9-16-26/h4-21H,22H2,1-3H3,(H,36,37)/b34-21+. The maximum Gasteiger partial charge on any atom is 0.354 e. The van der Waals surface area contributed by atoms with E-state index in [1.165, 1.54) is 18.3 Å². The normalized spacial score (nSPS) is 12.9. The van der Waals surface area contributed by atoms with Gasteiger partial charge in [0.15, 0.2) is 5.69 Å². The SMILES string of the molecule is CC(C)(C)[S+]([O-])/N=C/c1ccccc1-c1c(C(=O)O)n(S(=O)(=O)c2ccccc2)c2ccc(OCc3ccccc3)cc12. The van der Waals surface area contributed by atoms with Gasteiger partial charge in [-0.15, -0.1) is 0 Å². The van der Waals surface area contributed by atoms with E-state index in [0.717, 1.165) is 9.54 Å². The number of hydrogen-bond acceptors (Lipinski definition) is 6. The summed E-state index contributed by atoms with van der Waals surface area (Å²) in [5, 5.41) is 10.9. The number of nitrogens with zero attached hydrogens (tertiary/aromatic N) is 2. The Labute approximate surface area is 253 Å². The Balaban J connectivity index is 1.77. The predicted octanol–water partition coefficient (Wildman–Crippen LogP) is 6.70. The van der Waals surface area contributed by atoms with Crippen LogP contribution in [0.5, 0.6) is 5.75 Å². The first-order valence-corrected chi connectivity index (χ1v) is 16.0. The Hall–Kier alpha value is -4.38. The molecule has 0 saturated heterocycles. The first-order valence-electron chi connectivity index (χ1n) is 13.4. The number of aromatic carboxylic acids is 1. The second-order valence-electron chi connectivity index (χ2n) is 10.7. The van der Waals surface area contributed by atoms with Crippen molar-refractivity contribution in [1.82, 2.24) is 3.97 Å². The van der Waals surface area contributed by atoms with Gasteiger partial charge in [0.1, 0.15) is 28.5 Å². The molecule has 0 fully saturated rings. The van der Waals surface area contributed by atoms with Gasteiger partial charge in [-0.25, -0.2) is 17.2 Å². The van der Waals surface area contributed by atoms with Crippen molar-refractivity contribution in [2.45, 2.75) is 37.0 Å². The Morgan fingerprint density at radius 1 is 0.953 bits per heavy atom. The molecule has 0 aliphatic carbocycles. The Bertz CT molecular complexity index is 1910. The van der Waals surface area contributed by atoms with Crippen molar-refractivity contribution in [3.63, 3.8) is 0 Å². The van der Waals surface area contributed by atoms with Crippen LogP contribution < -0.4 is 4.74 Å². The van der Waals surface area contributed by atoms with E-state index in [-0.39, 0.29) is 22.6 Å². The highest BCUT2D eigenvalue weighted by Crippen LogP contribution is 2.40. The minimum Gasteiger partial charge on any atom is -0.591 e. The zero-order chi connectivity index (χ0) is 30.8. The van der Waals surface area contributed by atoms with Crippen molar-refractivity contribution < 1.29 is 27.6 Å². The van der Waals surface area contributed by atoms with Crippen molar-refractivity contribution in [3.05, 3.63) is 120 Å². The molecule has 0 aliphatic rings. The van der Waals surface area contributed by atoms with E-state index in [2.05, 4.69) is 4.40 Å². The summed E-state index contributed by atoms with van der Waals surface area (Å²) in [5.74, 6) is -0.994. The quantitative estimate of drug-likeness (QED) is 0.146. The summed E-state index contributed by atoms with van der Waals surface area (Å²) in [5.41, 5.74) is 1.75. The number of hydrogen-bond donors (Lipinski definition) is 1. The van der Waals surface area contributed by atoms with Crippen molar-refractivity contribution in [3.8, 4) is 16.9 Å². The van der Waals surface area contributed by atoms with Crippen molar-refractivity contribution >= 4 is 44.5 Å². The van der Waals surface area contributed by atoms with Crippen molar-refractivity contribution in [2.24, 2.45) is 4.40 Å². The number of ether oxygens (including phenoxy) is 1. The van der Waals surface area contributed by atoms with E-state index < -0.39 is 37.8 Å². The molecule has 0 spiro atoms. The molecule has 1 heterocycles. The van der Waals surface area contributed by atoms with Gasteiger partial charge in [-0.1, -0.05) is 77.2 Å². The first kappa shape index (κ1) is 30.1. The molecule has 220 valence electrons. The molecule has 4 aromatic carbocycles. The van der Waals surface area contributed by atoms with Gasteiger partial charge >= 0.3 is 5.97 Å². The van der Waals surface area contributed by atoms with Crippen LogP contribution in [0.15, 0.2) is 112 Å². The largest absolute Gasteiger partial charge is 0.591 e. The summed E-state index contributed by atoms with van der Waals surface area (Å²) in [4.78, 5) is 12.9. The zero-order valence-electron chi connectivity index (χ0n) is 23.8. The fourth-order valence-electron chi connectivity index (χ4n) is 4.59. The van der Waals surface area contributed by atoms with Crippen LogP contribution in [0, 0.1) is 0 Å². The molecule has 43 heavy (non-hydrogen) atoms. The van der Waals surface area contributed by atoms with E-state index >= 15 is 0 Å². The number of fused-ring (bicyclic) bond motifs is 1. The van der Waals surface area contributed by atoms with Gasteiger partial charge in [-0.3, -0.25) is 0 Å². The van der Waals surface area contributed by atoms with Crippen LogP contribution in [0.1, 0.15) is 42.4 Å². The predicted molar refractivity (Wildman–Crippen MR) is 170 cm³/mol. The number of carboxylic acids is 1. The zero-order valence-corrected chi connectivity index (χ0v) is 25.4. The summed E-state index contributed by atoms with van der Waals surface area (Å²) in [6.07, 6.45) is 1.44. The van der Waals surface area contributed by atoms with Gasteiger partial charge in [0.05, 0.1) is 16.6 Å². The minimum absolute atomic E-state index is 0.0548. The third-order valence-electron chi connectivity index (χ3n) is 6.67. The third-order valence-corrected chi connectivity index (χ3v) is 9.74. The van der Waals surface area contributed by atoms with Crippen LogP contribution in [-0.2, 0) is 28.0 Å². The summed E-state index contributed by atoms with van der Waals surface area (Å²) in [6, 6.07) is 29.0. The van der Waals surface area contributed by atoms with Crippen LogP contribution in [-0.4, -0.2) is 39.0 Å². The van der Waals surface area contributed by atoms with E-state index in [9.17, 15) is 22.9 Å². The Kier molecular flexibility index (Phi) is 8.45. The molecule has 0 radical (unpaired) electrons. The van der Waals surface area contributed by atoms with Crippen molar-refractivity contribution in [1.29, 1.82) is 0 Å². The average molecular weight is 615 g/mol. The lowest BCUT2D eigenvalue weighted by molar-refractivity contribution is 0.0690. The molecule has 5 rings (SSSR count). The number of aromatic nitrogens is 1. The lowest BCUT2D eigenvalue weighted by Gasteiger charge is -2.18. The Morgan fingerprint density at radius 2 is 1.58 bits per heavy atom. The highest BCUT2D eigenvalue weighted by Gasteiger charge is 2.32. The van der Waals surface area contributed by atoms with E-state index in [1.807, 2.05) is 30.3 Å². The summed E-state index contributed by atoms with van der Waals surface area (Å²) < 4.78 is 51.3. The number of rotatable bonds is 9. The van der Waals surface area contributed by atoms with Gasteiger partial charge in [0.2, 0.25) is 0 Å². The molecular formula is C33H30N2O6S2. The molecule has 5 aromatic rings. The van der Waals surface area contributed by atoms with Crippen molar-refractivity contribution in [2.75, 3.05) is 0 Å². The molecule has 0 aliphatic heterocycles. The molecule has 0 bridgehead atoms. The van der Waals surface area contributed by atoms with E-state index in [0.29, 0.717) is 22.3 Å². The second kappa shape index (κ2) is 12.1. The summed E-state index contributed by atoms with van der Waals surface area (Å²) >= 11 is -1.57. The highest BCUT2D eigenvalue weighted by molar-refractivity contribution is 7.91. The van der Waals surface area contributed by atoms with Gasteiger partial charge in [-0.05, 0) is 62.2 Å². The smallest absolute Gasteiger partial charge is 0.354 e. The van der Waals surface area contributed by atoms with Gasteiger partial charge < -0.3 is 14.4 Å². The molecule has 1 N–H and O–H groups in total. The minimum atomic E-state index is -4.34. The second-order valence-corrected chi connectivity index (χ2v) is 14.5. The molecular weight excluding hydrogens is 585 g/mol. The third kappa shape index (κ3) is 6.22. The molecule has 1 aromatic heterocycles. The van der Waals surface area contributed by atoms with Crippen LogP contribution in [0.3, 0.4) is 0 Å². The maximum atomic E-state index is 14.0. The van der Waals surface area contributed by atoms with E-state index in [4.69, 9.17) is 4.74 Å². The van der Waals surface area contributed by atoms with Crippen LogP contribution in [0.25, 0.3) is 22.0 Å². The lowest BCUT2D eigenvalue weighted by Crippen LogP contribution is -2.25. The summed E-state index contributed by atoms with van der Waals surface area (Å²) in [6.45, 7) is 5.66. The maximum absolute atomic E-state index is 14.0. The molecule has 0 saturated carbocycles. The number of benzene rings is 4. The first-order chi connectivity index (χ1) is 20.5. The molecule has 0 amide bonds. The molecule has 1 atom stereocenters. The number of carbonyl (C=O) groups is 1. The van der Waals surface area contributed by atoms with Gasteiger partial charge in [0, 0.05) is 16.5 Å². The number of carboxylic acid groups (broad SMARTS) is 1. The van der Waals surface area contributed by atoms with Crippen LogP contribution in [0.2, 0.25) is 0 Å². The molecule has 8 nitrogen and oxygen atoms in total. The lowest BCUT2D eigenvalue weighted by atomic mass is 9.97. The topological polar surface area (TPSA) is 121 Å². The van der Waals surface area contributed by atoms with Gasteiger partial charge in [0.25, 0.3) is 10.0 Å². The van der Waals surface area contributed by atoms with Gasteiger partial charge in [-0.2, -0.15) is 0 Å². The average Bonchev–Trinajstić information content (AvgIpc) is 3.35. The molecule has 1 unspecified atom stereocenters. The highest BCUT2D eigenvalue weighted by atomic mass is 32.2. The van der Waals surface area contributed by atoms with E-state index in [1.54, 1.807) is 81.4 Å². The Morgan fingerprint density at radius 3 is 2.23 bits per heavy atom. The summed E-state index contributed by atoms with van der Waals surface area (Å²) in [7, 11) is -4.34. The molecule has 10 heteroatoms. The van der Waals surface area contributed by atoms with Crippen LogP contribution >= 0.6 is 0 Å². The fraction of sp³-hybridized carbons (Fsp3) is 0.152. The monoisotopic (exact) mass is 614 g/mol. The fourth-order valence-corrected chi connectivity index (χ4v) is 6.65. The van der Waals surface area contributed by atoms with Crippen LogP contribution in [0.4, 0.5) is 0 Å².